The van der Waals surface area contributed by atoms with Crippen molar-refractivity contribution in [2.45, 2.75) is 12.8 Å². The highest BCUT2D eigenvalue weighted by atomic mass is 16.3. The van der Waals surface area contributed by atoms with Crippen molar-refractivity contribution >= 4 is 17.0 Å². The summed E-state index contributed by atoms with van der Waals surface area (Å²) in [5.41, 5.74) is 1.52. The summed E-state index contributed by atoms with van der Waals surface area (Å²) >= 11 is 0. The number of nitrogens with one attached hydrogen (secondary N) is 1. The van der Waals surface area contributed by atoms with Crippen LogP contribution in [0.25, 0.3) is 11.2 Å². The highest BCUT2D eigenvalue weighted by Gasteiger charge is 2.41. The molecule has 2 N–H and O–H groups in total. The lowest BCUT2D eigenvalue weighted by molar-refractivity contribution is 0.219. The summed E-state index contributed by atoms with van der Waals surface area (Å²) in [6.07, 6.45) is 5.46. The highest BCUT2D eigenvalue weighted by Crippen LogP contribution is 2.44. The Bertz CT molecular complexity index is 539. The molecule has 1 fully saturated rings. The standard InChI is InChI=1S/C12H14N4O/c17-8-12(3-4-12)7-15-10-2-1-9-11(16-10)14-6-5-13-9/h1-2,5-6,17H,3-4,7-8H2,(H,14,15,16). The number of rotatable bonds is 4. The number of aromatic nitrogens is 3. The van der Waals surface area contributed by atoms with Crippen LogP contribution in [0.2, 0.25) is 0 Å². The minimum Gasteiger partial charge on any atom is -0.396 e. The Kier molecular flexibility index (Phi) is 2.40. The van der Waals surface area contributed by atoms with E-state index in [0.29, 0.717) is 5.65 Å². The van der Waals surface area contributed by atoms with E-state index in [9.17, 15) is 5.11 Å². The number of hydrogen-bond acceptors (Lipinski definition) is 5. The van der Waals surface area contributed by atoms with Crippen molar-refractivity contribution in [3.8, 4) is 0 Å². The SMILES string of the molecule is OCC1(CNc2ccc3nccnc3n2)CC1. The summed E-state index contributed by atoms with van der Waals surface area (Å²) in [7, 11) is 0. The summed E-state index contributed by atoms with van der Waals surface area (Å²) in [4.78, 5) is 12.7. The van der Waals surface area contributed by atoms with Crippen LogP contribution in [-0.4, -0.2) is 33.2 Å². The van der Waals surface area contributed by atoms with Gasteiger partial charge in [0.15, 0.2) is 5.65 Å². The van der Waals surface area contributed by atoms with Crippen molar-refractivity contribution in [2.75, 3.05) is 18.5 Å². The third-order valence-corrected chi connectivity index (χ3v) is 3.27. The van der Waals surface area contributed by atoms with Gasteiger partial charge in [-0.3, -0.25) is 4.98 Å². The second kappa shape index (κ2) is 3.92. The number of pyridine rings is 1. The predicted molar refractivity (Wildman–Crippen MR) is 64.6 cm³/mol. The fourth-order valence-electron chi connectivity index (χ4n) is 1.80. The average Bonchev–Trinajstić information content (AvgIpc) is 3.17. The summed E-state index contributed by atoms with van der Waals surface area (Å²) < 4.78 is 0. The zero-order chi connectivity index (χ0) is 11.7. The van der Waals surface area contributed by atoms with Gasteiger partial charge in [-0.1, -0.05) is 0 Å². The van der Waals surface area contributed by atoms with Crippen LogP contribution in [0.15, 0.2) is 24.5 Å². The van der Waals surface area contributed by atoms with Gasteiger partial charge in [-0.15, -0.1) is 0 Å². The number of aliphatic hydroxyl groups excluding tert-OH is 1. The smallest absolute Gasteiger partial charge is 0.180 e. The molecule has 0 aromatic carbocycles. The van der Waals surface area contributed by atoms with Crippen molar-refractivity contribution in [1.82, 2.24) is 15.0 Å². The quantitative estimate of drug-likeness (QED) is 0.826. The lowest BCUT2D eigenvalue weighted by Gasteiger charge is -2.13. The molecule has 1 aliphatic carbocycles. The third kappa shape index (κ3) is 2.06. The minimum atomic E-state index is 0.0823. The van der Waals surface area contributed by atoms with E-state index >= 15 is 0 Å². The first-order valence-corrected chi connectivity index (χ1v) is 5.74. The van der Waals surface area contributed by atoms with Crippen LogP contribution >= 0.6 is 0 Å². The van der Waals surface area contributed by atoms with Gasteiger partial charge in [0, 0.05) is 24.4 Å². The second-order valence-electron chi connectivity index (χ2n) is 4.61. The molecule has 17 heavy (non-hydrogen) atoms. The van der Waals surface area contributed by atoms with Crippen LogP contribution in [0.3, 0.4) is 0 Å². The molecule has 0 radical (unpaired) electrons. The third-order valence-electron chi connectivity index (χ3n) is 3.27. The summed E-state index contributed by atoms with van der Waals surface area (Å²) in [5.74, 6) is 0.790. The van der Waals surface area contributed by atoms with Gasteiger partial charge < -0.3 is 10.4 Å². The molecule has 0 unspecified atom stereocenters. The number of fused-ring (bicyclic) bond motifs is 1. The Morgan fingerprint density at radius 3 is 2.82 bits per heavy atom. The van der Waals surface area contributed by atoms with Gasteiger partial charge in [-0.2, -0.15) is 0 Å². The first-order chi connectivity index (χ1) is 8.31. The molecular weight excluding hydrogens is 216 g/mol. The molecule has 0 spiro atoms. The molecular formula is C12H14N4O. The fourth-order valence-corrected chi connectivity index (χ4v) is 1.80. The van der Waals surface area contributed by atoms with Crippen LogP contribution < -0.4 is 5.32 Å². The van der Waals surface area contributed by atoms with Gasteiger partial charge in [0.1, 0.15) is 11.3 Å². The Morgan fingerprint density at radius 1 is 1.24 bits per heavy atom. The maximum absolute atomic E-state index is 9.22. The van der Waals surface area contributed by atoms with E-state index in [1.54, 1.807) is 12.4 Å². The minimum absolute atomic E-state index is 0.0823. The molecule has 3 rings (SSSR count). The van der Waals surface area contributed by atoms with Crippen LogP contribution in [0.4, 0.5) is 5.82 Å². The first-order valence-electron chi connectivity index (χ1n) is 5.74. The number of hydrogen-bond donors (Lipinski definition) is 2. The number of aliphatic hydroxyl groups is 1. The Hall–Kier alpha value is -1.75. The van der Waals surface area contributed by atoms with Gasteiger partial charge in [0.2, 0.25) is 0 Å². The zero-order valence-corrected chi connectivity index (χ0v) is 9.43. The molecule has 0 bridgehead atoms. The highest BCUT2D eigenvalue weighted by molar-refractivity contribution is 5.71. The van der Waals surface area contributed by atoms with Crippen LogP contribution in [0, 0.1) is 5.41 Å². The molecule has 0 amide bonds. The Balaban J connectivity index is 1.77. The molecule has 2 aromatic rings. The lowest BCUT2D eigenvalue weighted by atomic mass is 10.1. The van der Waals surface area contributed by atoms with Gasteiger partial charge in [0.05, 0.1) is 6.61 Å². The number of nitrogens with zero attached hydrogens (tertiary/aromatic N) is 3. The van der Waals surface area contributed by atoms with Crippen molar-refractivity contribution in [3.63, 3.8) is 0 Å². The maximum atomic E-state index is 9.22. The van der Waals surface area contributed by atoms with Crippen LogP contribution in [0.1, 0.15) is 12.8 Å². The average molecular weight is 230 g/mol. The van der Waals surface area contributed by atoms with E-state index < -0.39 is 0 Å². The molecule has 1 aliphatic rings. The Labute approximate surface area is 98.9 Å². The Morgan fingerprint density at radius 2 is 2.06 bits per heavy atom. The van der Waals surface area contributed by atoms with E-state index in [4.69, 9.17) is 0 Å². The summed E-state index contributed by atoms with van der Waals surface area (Å²) in [6, 6.07) is 3.79. The summed E-state index contributed by atoms with van der Waals surface area (Å²) in [6.45, 7) is 1.01. The molecule has 5 heteroatoms. The second-order valence-corrected chi connectivity index (χ2v) is 4.61. The monoisotopic (exact) mass is 230 g/mol. The van der Waals surface area contributed by atoms with Crippen molar-refractivity contribution in [2.24, 2.45) is 5.41 Å². The van der Waals surface area contributed by atoms with Crippen molar-refractivity contribution < 1.29 is 5.11 Å². The van der Waals surface area contributed by atoms with E-state index in [1.165, 1.54) is 0 Å². The van der Waals surface area contributed by atoms with Crippen LogP contribution in [0.5, 0.6) is 0 Å². The first kappa shape index (κ1) is 10.4. The molecule has 2 heterocycles. The lowest BCUT2D eigenvalue weighted by Crippen LogP contribution is -2.19. The molecule has 1 saturated carbocycles. The molecule has 0 aliphatic heterocycles. The van der Waals surface area contributed by atoms with Crippen molar-refractivity contribution in [3.05, 3.63) is 24.5 Å². The number of anilines is 1. The van der Waals surface area contributed by atoms with Gasteiger partial charge >= 0.3 is 0 Å². The van der Waals surface area contributed by atoms with Gasteiger partial charge in [-0.05, 0) is 25.0 Å². The van der Waals surface area contributed by atoms with E-state index in [-0.39, 0.29) is 12.0 Å². The molecule has 0 atom stereocenters. The topological polar surface area (TPSA) is 70.9 Å². The summed E-state index contributed by atoms with van der Waals surface area (Å²) in [5, 5.41) is 12.5. The van der Waals surface area contributed by atoms with E-state index in [0.717, 1.165) is 30.7 Å². The maximum Gasteiger partial charge on any atom is 0.180 e. The van der Waals surface area contributed by atoms with Gasteiger partial charge in [0.25, 0.3) is 0 Å². The van der Waals surface area contributed by atoms with Crippen molar-refractivity contribution in [1.29, 1.82) is 0 Å². The van der Waals surface area contributed by atoms with E-state index in [2.05, 4.69) is 20.3 Å². The van der Waals surface area contributed by atoms with Gasteiger partial charge in [-0.25, -0.2) is 9.97 Å². The fraction of sp³-hybridized carbons (Fsp3) is 0.417. The van der Waals surface area contributed by atoms with Crippen LogP contribution in [-0.2, 0) is 0 Å². The molecule has 2 aromatic heterocycles. The molecule has 0 saturated heterocycles. The zero-order valence-electron chi connectivity index (χ0n) is 9.43. The molecule has 5 nitrogen and oxygen atoms in total. The normalized spacial score (nSPS) is 17.0. The largest absolute Gasteiger partial charge is 0.396 e. The predicted octanol–water partition coefficient (Wildman–Crippen LogP) is 1.21. The van der Waals surface area contributed by atoms with E-state index in [1.807, 2.05) is 12.1 Å². The molecule has 88 valence electrons.